The van der Waals surface area contributed by atoms with Gasteiger partial charge in [-0.2, -0.15) is 5.26 Å². The number of aromatic nitrogens is 2. The Morgan fingerprint density at radius 2 is 1.97 bits per heavy atom. The van der Waals surface area contributed by atoms with Crippen molar-refractivity contribution < 1.29 is 0 Å². The molecule has 2 aromatic carbocycles. The van der Waals surface area contributed by atoms with Crippen LogP contribution in [0.1, 0.15) is 37.9 Å². The minimum absolute atomic E-state index is 0.00195. The first-order valence-corrected chi connectivity index (χ1v) is 11.6. The SMILES string of the molecule is C#C[C@@H](Nc1cc(Cl)c2ncc(C#N)c(NCC(C)(C)C)c2c1)c1cccc2c(=O)n(C)ccc12. The van der Waals surface area contributed by atoms with Crippen LogP contribution in [0.4, 0.5) is 11.4 Å². The molecule has 176 valence electrons. The average Bonchev–Trinajstić information content (AvgIpc) is 2.82. The van der Waals surface area contributed by atoms with Crippen molar-refractivity contribution in [1.29, 1.82) is 5.26 Å². The number of benzene rings is 2. The molecule has 0 unspecified atom stereocenters. The molecule has 0 saturated heterocycles. The zero-order valence-corrected chi connectivity index (χ0v) is 20.9. The van der Waals surface area contributed by atoms with Crippen LogP contribution in [0.3, 0.4) is 0 Å². The zero-order valence-electron chi connectivity index (χ0n) is 20.1. The molecule has 4 rings (SSSR count). The fourth-order valence-electron chi connectivity index (χ4n) is 4.00. The molecule has 2 N–H and O–H groups in total. The van der Waals surface area contributed by atoms with Crippen molar-refractivity contribution in [2.45, 2.75) is 26.8 Å². The highest BCUT2D eigenvalue weighted by atomic mass is 35.5. The number of anilines is 2. The molecule has 0 aliphatic carbocycles. The van der Waals surface area contributed by atoms with E-state index in [-0.39, 0.29) is 11.0 Å². The zero-order chi connectivity index (χ0) is 25.3. The molecule has 6 nitrogen and oxygen atoms in total. The molecule has 35 heavy (non-hydrogen) atoms. The molecule has 2 heterocycles. The third kappa shape index (κ3) is 4.80. The van der Waals surface area contributed by atoms with E-state index in [9.17, 15) is 10.1 Å². The van der Waals surface area contributed by atoms with Crippen LogP contribution in [0.2, 0.25) is 5.02 Å². The fourth-order valence-corrected chi connectivity index (χ4v) is 4.27. The number of pyridine rings is 2. The third-order valence-electron chi connectivity index (χ3n) is 5.78. The van der Waals surface area contributed by atoms with E-state index in [4.69, 9.17) is 18.0 Å². The van der Waals surface area contributed by atoms with Gasteiger partial charge in [-0.1, -0.05) is 50.4 Å². The van der Waals surface area contributed by atoms with Gasteiger partial charge in [0, 0.05) is 42.4 Å². The number of nitriles is 1. The van der Waals surface area contributed by atoms with Gasteiger partial charge in [0.15, 0.2) is 0 Å². The first-order valence-electron chi connectivity index (χ1n) is 11.2. The summed E-state index contributed by atoms with van der Waals surface area (Å²) < 4.78 is 1.54. The van der Waals surface area contributed by atoms with Gasteiger partial charge in [0.1, 0.15) is 12.1 Å². The summed E-state index contributed by atoms with van der Waals surface area (Å²) in [6.07, 6.45) is 9.20. The maximum Gasteiger partial charge on any atom is 0.258 e. The average molecular weight is 484 g/mol. The van der Waals surface area contributed by atoms with Crippen LogP contribution in [0.5, 0.6) is 0 Å². The van der Waals surface area contributed by atoms with Crippen molar-refractivity contribution in [3.05, 3.63) is 75.3 Å². The van der Waals surface area contributed by atoms with Crippen molar-refractivity contribution in [1.82, 2.24) is 9.55 Å². The molecule has 0 fully saturated rings. The predicted molar refractivity (Wildman–Crippen MR) is 144 cm³/mol. The second-order valence-electron chi connectivity index (χ2n) is 9.71. The molecule has 0 aliphatic heterocycles. The number of halogens is 1. The Morgan fingerprint density at radius 1 is 1.20 bits per heavy atom. The van der Waals surface area contributed by atoms with E-state index in [0.29, 0.717) is 39.4 Å². The second kappa shape index (κ2) is 9.33. The summed E-state index contributed by atoms with van der Waals surface area (Å²) in [4.78, 5) is 17.0. The number of terminal acetylenes is 1. The van der Waals surface area contributed by atoms with Gasteiger partial charge in [0.2, 0.25) is 0 Å². The standard InChI is InChI=1S/C28H26ClN5O/c1-6-24(20-8-7-9-21-19(20)10-11-34(5)27(21)35)33-18-12-22-25(32-16-28(2,3)4)17(14-30)15-31-26(22)23(29)13-18/h1,7-13,15,24,33H,16H2,2-5H3,(H,31,32)/t24-/m1/s1. The van der Waals surface area contributed by atoms with Gasteiger partial charge in [0.05, 0.1) is 21.8 Å². The molecule has 0 aliphatic rings. The van der Waals surface area contributed by atoms with Crippen LogP contribution in [-0.4, -0.2) is 16.1 Å². The summed E-state index contributed by atoms with van der Waals surface area (Å²) in [6.45, 7) is 7.01. The number of aryl methyl sites for hydroxylation is 1. The molecule has 7 heteroatoms. The molecule has 1 atom stereocenters. The number of nitrogens with zero attached hydrogens (tertiary/aromatic N) is 3. The first kappa shape index (κ1) is 24.1. The van der Waals surface area contributed by atoms with Gasteiger partial charge in [-0.05, 0) is 40.6 Å². The molecular weight excluding hydrogens is 458 g/mol. The van der Waals surface area contributed by atoms with E-state index in [1.807, 2.05) is 24.3 Å². The molecule has 0 amide bonds. The minimum atomic E-state index is -0.516. The fraction of sp³-hybridized carbons (Fsp3) is 0.250. The lowest BCUT2D eigenvalue weighted by Gasteiger charge is -2.22. The smallest absolute Gasteiger partial charge is 0.258 e. The molecule has 0 bridgehead atoms. The summed E-state index contributed by atoms with van der Waals surface area (Å²) in [5, 5.41) is 19.0. The number of rotatable bonds is 5. The third-order valence-corrected chi connectivity index (χ3v) is 6.07. The van der Waals surface area contributed by atoms with E-state index < -0.39 is 6.04 Å². The lowest BCUT2D eigenvalue weighted by atomic mass is 9.96. The van der Waals surface area contributed by atoms with Gasteiger partial charge in [0.25, 0.3) is 5.56 Å². The summed E-state index contributed by atoms with van der Waals surface area (Å²) in [7, 11) is 1.72. The Hall–Kier alpha value is -4.00. The van der Waals surface area contributed by atoms with Gasteiger partial charge >= 0.3 is 0 Å². The van der Waals surface area contributed by atoms with Crippen molar-refractivity contribution in [3.63, 3.8) is 0 Å². The van der Waals surface area contributed by atoms with Crippen LogP contribution >= 0.6 is 11.6 Å². The summed E-state index contributed by atoms with van der Waals surface area (Å²) >= 11 is 6.62. The number of hydrogen-bond acceptors (Lipinski definition) is 5. The number of hydrogen-bond donors (Lipinski definition) is 2. The van der Waals surface area contributed by atoms with Crippen molar-refractivity contribution >= 4 is 44.7 Å². The van der Waals surface area contributed by atoms with Gasteiger partial charge in [-0.3, -0.25) is 9.78 Å². The maximum atomic E-state index is 12.6. The Labute approximate surface area is 209 Å². The Kier molecular flexibility index (Phi) is 6.43. The van der Waals surface area contributed by atoms with Crippen LogP contribution < -0.4 is 16.2 Å². The van der Waals surface area contributed by atoms with Crippen molar-refractivity contribution in [2.75, 3.05) is 17.2 Å². The lowest BCUT2D eigenvalue weighted by Crippen LogP contribution is -2.20. The van der Waals surface area contributed by atoms with E-state index in [1.54, 1.807) is 29.9 Å². The molecule has 0 spiro atoms. The van der Waals surface area contributed by atoms with Crippen LogP contribution in [0, 0.1) is 29.1 Å². The van der Waals surface area contributed by atoms with Crippen molar-refractivity contribution in [2.24, 2.45) is 12.5 Å². The lowest BCUT2D eigenvalue weighted by molar-refractivity contribution is 0.443. The highest BCUT2D eigenvalue weighted by molar-refractivity contribution is 6.35. The highest BCUT2D eigenvalue weighted by Crippen LogP contribution is 2.35. The molecular formula is C28H26ClN5O. The van der Waals surface area contributed by atoms with E-state index in [2.05, 4.69) is 48.4 Å². The first-order chi connectivity index (χ1) is 16.6. The highest BCUT2D eigenvalue weighted by Gasteiger charge is 2.18. The monoisotopic (exact) mass is 483 g/mol. The number of nitrogens with one attached hydrogen (secondary N) is 2. The van der Waals surface area contributed by atoms with E-state index in [0.717, 1.165) is 16.3 Å². The van der Waals surface area contributed by atoms with Crippen molar-refractivity contribution in [3.8, 4) is 18.4 Å². The van der Waals surface area contributed by atoms with Crippen LogP contribution in [0.15, 0.2) is 53.6 Å². The Morgan fingerprint density at radius 3 is 2.66 bits per heavy atom. The summed E-state index contributed by atoms with van der Waals surface area (Å²) in [5.74, 6) is 2.80. The van der Waals surface area contributed by atoms with E-state index >= 15 is 0 Å². The molecule has 2 aromatic heterocycles. The largest absolute Gasteiger partial charge is 0.383 e. The summed E-state index contributed by atoms with van der Waals surface area (Å²) in [6, 6.07) is 12.8. The van der Waals surface area contributed by atoms with Gasteiger partial charge < -0.3 is 15.2 Å². The van der Waals surface area contributed by atoms with Gasteiger partial charge in [-0.15, -0.1) is 6.42 Å². The Bertz CT molecular complexity index is 1580. The molecule has 0 radical (unpaired) electrons. The Balaban J connectivity index is 1.81. The van der Waals surface area contributed by atoms with Crippen LogP contribution in [-0.2, 0) is 7.05 Å². The quantitative estimate of drug-likeness (QED) is 0.347. The predicted octanol–water partition coefficient (Wildman–Crippen LogP) is 5.86. The maximum absolute atomic E-state index is 12.6. The minimum Gasteiger partial charge on any atom is -0.383 e. The number of fused-ring (bicyclic) bond motifs is 2. The van der Waals surface area contributed by atoms with E-state index in [1.165, 1.54) is 6.20 Å². The molecule has 4 aromatic rings. The van der Waals surface area contributed by atoms with Crippen LogP contribution in [0.25, 0.3) is 21.7 Å². The topological polar surface area (TPSA) is 82.7 Å². The normalized spacial score (nSPS) is 12.2. The van der Waals surface area contributed by atoms with Gasteiger partial charge in [-0.25, -0.2) is 0 Å². The molecule has 0 saturated carbocycles. The second-order valence-corrected chi connectivity index (χ2v) is 10.1. The summed E-state index contributed by atoms with van der Waals surface area (Å²) in [5.41, 5.74) is 3.13.